The molecule has 2 heterocycles. The number of nitrogens with one attached hydrogen (secondary N) is 1. The predicted molar refractivity (Wildman–Crippen MR) is 98.8 cm³/mol. The molecule has 0 aliphatic carbocycles. The number of amides is 1. The number of fused-ring (bicyclic) bond motifs is 1. The molecule has 0 bridgehead atoms. The first-order chi connectivity index (χ1) is 13.9. The molecule has 9 nitrogen and oxygen atoms in total. The van der Waals surface area contributed by atoms with Gasteiger partial charge in [-0.3, -0.25) is 14.2 Å². The number of halogens is 1. The Bertz CT molecular complexity index is 1220. The Hall–Kier alpha value is -3.95. The minimum Gasteiger partial charge on any atom is -0.454 e. The number of hydrogen-bond acceptors (Lipinski definition) is 6. The van der Waals surface area contributed by atoms with Crippen molar-refractivity contribution in [2.45, 2.75) is 6.54 Å². The van der Waals surface area contributed by atoms with Gasteiger partial charge in [0.1, 0.15) is 5.82 Å². The molecule has 0 saturated heterocycles. The molecule has 4 rings (SSSR count). The average molecular weight is 398 g/mol. The van der Waals surface area contributed by atoms with Crippen molar-refractivity contribution in [3.05, 3.63) is 80.4 Å². The summed E-state index contributed by atoms with van der Waals surface area (Å²) in [6, 6.07) is 10.1. The molecule has 1 aliphatic heterocycles. The van der Waals surface area contributed by atoms with Crippen LogP contribution in [0.1, 0.15) is 16.1 Å². The summed E-state index contributed by atoms with van der Waals surface area (Å²) >= 11 is 0. The third kappa shape index (κ3) is 3.47. The Morgan fingerprint density at radius 2 is 1.86 bits per heavy atom. The lowest BCUT2D eigenvalue weighted by atomic mass is 10.2. The monoisotopic (exact) mass is 398 g/mol. The molecular weight excluding hydrogens is 383 g/mol. The van der Waals surface area contributed by atoms with Crippen LogP contribution in [0, 0.1) is 5.82 Å². The first-order valence-electron chi connectivity index (χ1n) is 8.57. The molecule has 148 valence electrons. The van der Waals surface area contributed by atoms with Gasteiger partial charge in [0.05, 0.1) is 5.69 Å². The summed E-state index contributed by atoms with van der Waals surface area (Å²) in [6.45, 7) is 0.242. The largest absolute Gasteiger partial charge is 0.454 e. The first kappa shape index (κ1) is 18.4. The van der Waals surface area contributed by atoms with Gasteiger partial charge in [-0.05, 0) is 42.0 Å². The van der Waals surface area contributed by atoms with Crippen LogP contribution < -0.4 is 26.0 Å². The number of rotatable bonds is 4. The number of carbonyl (C=O) groups is 1. The molecule has 0 fully saturated rings. The highest BCUT2D eigenvalue weighted by Gasteiger charge is 2.19. The van der Waals surface area contributed by atoms with E-state index < -0.39 is 28.7 Å². The maximum Gasteiger partial charge on any atom is 0.351 e. The van der Waals surface area contributed by atoms with E-state index in [0.29, 0.717) is 11.5 Å². The number of aromatic nitrogens is 3. The van der Waals surface area contributed by atoms with Gasteiger partial charge in [0, 0.05) is 13.6 Å². The first-order valence-corrected chi connectivity index (χ1v) is 8.57. The van der Waals surface area contributed by atoms with E-state index in [1.54, 1.807) is 18.2 Å². The van der Waals surface area contributed by atoms with Crippen LogP contribution >= 0.6 is 0 Å². The van der Waals surface area contributed by atoms with Crippen LogP contribution in [0.25, 0.3) is 5.69 Å². The second-order valence-electron chi connectivity index (χ2n) is 6.25. The quantitative estimate of drug-likeness (QED) is 0.695. The average Bonchev–Trinajstić information content (AvgIpc) is 3.19. The third-order valence-corrected chi connectivity index (χ3v) is 4.35. The highest BCUT2D eigenvalue weighted by Crippen LogP contribution is 2.32. The topological polar surface area (TPSA) is 104 Å². The van der Waals surface area contributed by atoms with Gasteiger partial charge < -0.3 is 14.8 Å². The normalized spacial score (nSPS) is 12.1. The molecule has 1 amide bonds. The molecule has 3 aromatic rings. The fraction of sp³-hybridized carbons (Fsp3) is 0.158. The molecule has 1 aromatic heterocycles. The van der Waals surface area contributed by atoms with Crippen LogP contribution in [0.3, 0.4) is 0 Å². The van der Waals surface area contributed by atoms with Crippen molar-refractivity contribution >= 4 is 5.91 Å². The Balaban J connectivity index is 1.62. The summed E-state index contributed by atoms with van der Waals surface area (Å²) in [5.41, 5.74) is -1.11. The van der Waals surface area contributed by atoms with E-state index >= 15 is 0 Å². The lowest BCUT2D eigenvalue weighted by Gasteiger charge is -2.10. The summed E-state index contributed by atoms with van der Waals surface area (Å²) in [5.74, 6) is -0.0647. The van der Waals surface area contributed by atoms with Crippen LogP contribution in [0.4, 0.5) is 4.39 Å². The Morgan fingerprint density at radius 3 is 2.62 bits per heavy atom. The Morgan fingerprint density at radius 1 is 1.14 bits per heavy atom. The zero-order chi connectivity index (χ0) is 20.5. The van der Waals surface area contributed by atoms with E-state index in [4.69, 9.17) is 9.47 Å². The van der Waals surface area contributed by atoms with E-state index in [9.17, 15) is 18.8 Å². The van der Waals surface area contributed by atoms with Crippen molar-refractivity contribution in [3.63, 3.8) is 0 Å². The number of hydrogen-bond donors (Lipinski definition) is 1. The van der Waals surface area contributed by atoms with E-state index in [1.807, 2.05) is 0 Å². The second kappa shape index (κ2) is 7.23. The molecule has 1 aliphatic rings. The minimum absolute atomic E-state index is 0.107. The number of benzene rings is 2. The molecule has 0 radical (unpaired) electrons. The van der Waals surface area contributed by atoms with Crippen LogP contribution in [0.5, 0.6) is 11.5 Å². The molecule has 29 heavy (non-hydrogen) atoms. The van der Waals surface area contributed by atoms with Crippen LogP contribution in [0.15, 0.2) is 52.1 Å². The van der Waals surface area contributed by atoms with E-state index in [1.165, 1.54) is 19.2 Å². The maximum absolute atomic E-state index is 13.2. The van der Waals surface area contributed by atoms with E-state index in [2.05, 4.69) is 10.4 Å². The lowest BCUT2D eigenvalue weighted by Crippen LogP contribution is -2.44. The highest BCUT2D eigenvalue weighted by atomic mass is 19.1. The Labute approximate surface area is 162 Å². The lowest BCUT2D eigenvalue weighted by molar-refractivity contribution is 0.0941. The van der Waals surface area contributed by atoms with Gasteiger partial charge in [-0.2, -0.15) is 9.78 Å². The van der Waals surface area contributed by atoms with E-state index in [-0.39, 0.29) is 19.0 Å². The molecule has 0 saturated carbocycles. The van der Waals surface area contributed by atoms with Gasteiger partial charge in [0.25, 0.3) is 11.5 Å². The van der Waals surface area contributed by atoms with Crippen molar-refractivity contribution in [2.75, 3.05) is 6.79 Å². The van der Waals surface area contributed by atoms with Crippen molar-refractivity contribution in [1.29, 1.82) is 0 Å². The summed E-state index contributed by atoms with van der Waals surface area (Å²) in [7, 11) is 1.24. The molecular formula is C19H15FN4O5. The number of nitrogens with zero attached hydrogens (tertiary/aromatic N) is 3. The fourth-order valence-electron chi connectivity index (χ4n) is 2.78. The minimum atomic E-state index is -0.837. The van der Waals surface area contributed by atoms with E-state index in [0.717, 1.165) is 26.9 Å². The predicted octanol–water partition coefficient (Wildman–Crippen LogP) is 0.729. The van der Waals surface area contributed by atoms with Gasteiger partial charge in [-0.15, -0.1) is 0 Å². The van der Waals surface area contributed by atoms with Gasteiger partial charge in [0.2, 0.25) is 12.5 Å². The van der Waals surface area contributed by atoms with Gasteiger partial charge in [-0.25, -0.2) is 9.18 Å². The van der Waals surface area contributed by atoms with Gasteiger partial charge in [0.15, 0.2) is 11.5 Å². The highest BCUT2D eigenvalue weighted by molar-refractivity contribution is 5.91. The molecule has 10 heteroatoms. The molecule has 0 spiro atoms. The van der Waals surface area contributed by atoms with Crippen molar-refractivity contribution in [3.8, 4) is 17.2 Å². The summed E-state index contributed by atoms with van der Waals surface area (Å²) < 4.78 is 25.3. The zero-order valence-electron chi connectivity index (χ0n) is 15.2. The molecule has 1 N–H and O–H groups in total. The fourth-order valence-corrected chi connectivity index (χ4v) is 2.78. The van der Waals surface area contributed by atoms with Gasteiger partial charge >= 0.3 is 5.69 Å². The maximum atomic E-state index is 13.2. The smallest absolute Gasteiger partial charge is 0.351 e. The molecule has 0 unspecified atom stereocenters. The number of ether oxygens (including phenoxy) is 2. The standard InChI is InChI=1S/C19H15FN4O5/c1-23-18(26)16(22-24(19(23)27)13-5-3-12(20)4-6-13)17(25)21-9-11-2-7-14-15(8-11)29-10-28-14/h2-8H,9-10H2,1H3,(H,21,25). The van der Waals surface area contributed by atoms with Gasteiger partial charge in [-0.1, -0.05) is 6.07 Å². The second-order valence-corrected chi connectivity index (χ2v) is 6.25. The summed E-state index contributed by atoms with van der Waals surface area (Å²) in [5, 5.41) is 6.49. The summed E-state index contributed by atoms with van der Waals surface area (Å²) in [4.78, 5) is 37.3. The zero-order valence-corrected chi connectivity index (χ0v) is 15.2. The SMILES string of the molecule is Cn1c(=O)c(C(=O)NCc2ccc3c(c2)OCO3)nn(-c2ccc(F)cc2)c1=O. The molecule has 2 aromatic carbocycles. The summed E-state index contributed by atoms with van der Waals surface area (Å²) in [6.07, 6.45) is 0. The van der Waals surface area contributed by atoms with Crippen molar-refractivity contribution < 1.29 is 18.7 Å². The van der Waals surface area contributed by atoms with Crippen LogP contribution in [-0.4, -0.2) is 27.0 Å². The Kier molecular flexibility index (Phi) is 4.59. The van der Waals surface area contributed by atoms with Crippen LogP contribution in [-0.2, 0) is 13.6 Å². The van der Waals surface area contributed by atoms with Crippen LogP contribution in [0.2, 0.25) is 0 Å². The van der Waals surface area contributed by atoms with Crippen molar-refractivity contribution in [2.24, 2.45) is 7.05 Å². The van der Waals surface area contributed by atoms with Crippen molar-refractivity contribution in [1.82, 2.24) is 19.7 Å². The number of carbonyl (C=O) groups excluding carboxylic acids is 1. The third-order valence-electron chi connectivity index (χ3n) is 4.35. The molecule has 0 atom stereocenters.